The van der Waals surface area contributed by atoms with E-state index in [0.717, 1.165) is 16.9 Å². The van der Waals surface area contributed by atoms with Crippen LogP contribution in [0.1, 0.15) is 24.5 Å². The summed E-state index contributed by atoms with van der Waals surface area (Å²) in [4.78, 5) is 0. The van der Waals surface area contributed by atoms with E-state index in [2.05, 4.69) is 0 Å². The first-order chi connectivity index (χ1) is 7.01. The van der Waals surface area contributed by atoms with Crippen LogP contribution in [0.5, 0.6) is 5.75 Å². The zero-order chi connectivity index (χ0) is 11.5. The third-order valence-electron chi connectivity index (χ3n) is 2.65. The minimum atomic E-state index is -0.855. The van der Waals surface area contributed by atoms with Crippen LogP contribution in [-0.4, -0.2) is 18.8 Å². The first-order valence-electron chi connectivity index (χ1n) is 5.09. The highest BCUT2D eigenvalue weighted by atomic mass is 16.5. The number of aliphatic hydroxyl groups is 1. The van der Waals surface area contributed by atoms with Crippen LogP contribution in [0.4, 0.5) is 0 Å². The van der Waals surface area contributed by atoms with Crippen LogP contribution in [0.2, 0.25) is 0 Å². The van der Waals surface area contributed by atoms with Crippen molar-refractivity contribution in [1.29, 1.82) is 0 Å². The van der Waals surface area contributed by atoms with Crippen molar-refractivity contribution >= 4 is 0 Å². The number of hydrogen-bond donors (Lipinski definition) is 2. The molecule has 0 aliphatic rings. The maximum absolute atomic E-state index is 10.2. The molecule has 1 atom stereocenters. The molecule has 0 fully saturated rings. The van der Waals surface area contributed by atoms with E-state index in [1.165, 1.54) is 0 Å². The Morgan fingerprint density at radius 1 is 1.47 bits per heavy atom. The first kappa shape index (κ1) is 12.0. The molecule has 0 saturated carbocycles. The lowest BCUT2D eigenvalue weighted by Gasteiger charge is -2.24. The molecule has 15 heavy (non-hydrogen) atoms. The standard InChI is InChI=1S/C12H19NO2/c1-9-8-10(4-5-11(9)15-3)12(2,14)6-7-13/h4-5,8,14H,6-7,13H2,1-3H3. The van der Waals surface area contributed by atoms with Gasteiger partial charge in [0.2, 0.25) is 0 Å². The van der Waals surface area contributed by atoms with Gasteiger partial charge < -0.3 is 15.6 Å². The second-order valence-electron chi connectivity index (χ2n) is 4.00. The van der Waals surface area contributed by atoms with Crippen molar-refractivity contribution in [1.82, 2.24) is 0 Å². The molecule has 0 aliphatic heterocycles. The zero-order valence-electron chi connectivity index (χ0n) is 9.58. The fourth-order valence-electron chi connectivity index (χ4n) is 1.64. The summed E-state index contributed by atoms with van der Waals surface area (Å²) in [7, 11) is 1.64. The topological polar surface area (TPSA) is 55.5 Å². The molecule has 0 radical (unpaired) electrons. The molecule has 0 saturated heterocycles. The quantitative estimate of drug-likeness (QED) is 0.791. The molecule has 1 rings (SSSR count). The van der Waals surface area contributed by atoms with Crippen LogP contribution in [0.25, 0.3) is 0 Å². The number of methoxy groups -OCH3 is 1. The first-order valence-corrected chi connectivity index (χ1v) is 5.09. The fourth-order valence-corrected chi connectivity index (χ4v) is 1.64. The molecule has 3 N–H and O–H groups in total. The fraction of sp³-hybridized carbons (Fsp3) is 0.500. The summed E-state index contributed by atoms with van der Waals surface area (Å²) < 4.78 is 5.17. The number of rotatable bonds is 4. The van der Waals surface area contributed by atoms with Crippen molar-refractivity contribution in [2.75, 3.05) is 13.7 Å². The van der Waals surface area contributed by atoms with Crippen LogP contribution < -0.4 is 10.5 Å². The number of ether oxygens (including phenoxy) is 1. The second kappa shape index (κ2) is 4.64. The minimum Gasteiger partial charge on any atom is -0.496 e. The maximum Gasteiger partial charge on any atom is 0.121 e. The van der Waals surface area contributed by atoms with Crippen LogP contribution in [0, 0.1) is 6.92 Å². The molecule has 3 nitrogen and oxygen atoms in total. The van der Waals surface area contributed by atoms with Gasteiger partial charge in [-0.2, -0.15) is 0 Å². The van der Waals surface area contributed by atoms with E-state index >= 15 is 0 Å². The van der Waals surface area contributed by atoms with Gasteiger partial charge in [0, 0.05) is 0 Å². The lowest BCUT2D eigenvalue weighted by atomic mass is 9.91. The maximum atomic E-state index is 10.2. The van der Waals surface area contributed by atoms with Crippen LogP contribution in [-0.2, 0) is 5.60 Å². The number of aryl methyl sites for hydroxylation is 1. The largest absolute Gasteiger partial charge is 0.496 e. The normalized spacial score (nSPS) is 14.7. The Labute approximate surface area is 90.9 Å². The smallest absolute Gasteiger partial charge is 0.121 e. The van der Waals surface area contributed by atoms with E-state index < -0.39 is 5.60 Å². The van der Waals surface area contributed by atoms with Gasteiger partial charge in [0.05, 0.1) is 12.7 Å². The Morgan fingerprint density at radius 2 is 2.13 bits per heavy atom. The average Bonchev–Trinajstić information content (AvgIpc) is 2.17. The Morgan fingerprint density at radius 3 is 2.60 bits per heavy atom. The van der Waals surface area contributed by atoms with E-state index in [4.69, 9.17) is 10.5 Å². The van der Waals surface area contributed by atoms with Gasteiger partial charge in [-0.05, 0) is 50.1 Å². The molecule has 0 bridgehead atoms. The Bertz CT molecular complexity index is 334. The van der Waals surface area contributed by atoms with Crippen LogP contribution >= 0.6 is 0 Å². The predicted molar refractivity (Wildman–Crippen MR) is 61.0 cm³/mol. The van der Waals surface area contributed by atoms with Crippen molar-refractivity contribution in [3.63, 3.8) is 0 Å². The predicted octanol–water partition coefficient (Wildman–Crippen LogP) is 1.56. The minimum absolute atomic E-state index is 0.470. The van der Waals surface area contributed by atoms with Crippen LogP contribution in [0.15, 0.2) is 18.2 Å². The molecule has 0 aliphatic carbocycles. The summed E-state index contributed by atoms with van der Waals surface area (Å²) in [5.74, 6) is 0.835. The third kappa shape index (κ3) is 2.70. The van der Waals surface area contributed by atoms with E-state index in [1.54, 1.807) is 14.0 Å². The molecule has 0 amide bonds. The molecule has 0 heterocycles. The average molecular weight is 209 g/mol. The molecule has 1 unspecified atom stereocenters. The van der Waals surface area contributed by atoms with Crippen molar-refractivity contribution in [2.45, 2.75) is 25.9 Å². The SMILES string of the molecule is COc1ccc(C(C)(O)CCN)cc1C. The van der Waals surface area contributed by atoms with Crippen molar-refractivity contribution in [3.05, 3.63) is 29.3 Å². The number of benzene rings is 1. The van der Waals surface area contributed by atoms with Gasteiger partial charge >= 0.3 is 0 Å². The van der Waals surface area contributed by atoms with E-state index in [-0.39, 0.29) is 0 Å². The number of hydrogen-bond acceptors (Lipinski definition) is 3. The zero-order valence-corrected chi connectivity index (χ0v) is 9.58. The third-order valence-corrected chi connectivity index (χ3v) is 2.65. The van der Waals surface area contributed by atoms with E-state index in [9.17, 15) is 5.11 Å². The van der Waals surface area contributed by atoms with Gasteiger partial charge in [-0.3, -0.25) is 0 Å². The molecule has 0 aromatic heterocycles. The van der Waals surface area contributed by atoms with Gasteiger partial charge in [-0.25, -0.2) is 0 Å². The molecular weight excluding hydrogens is 190 g/mol. The molecule has 3 heteroatoms. The highest BCUT2D eigenvalue weighted by Crippen LogP contribution is 2.28. The van der Waals surface area contributed by atoms with Gasteiger partial charge in [-0.1, -0.05) is 6.07 Å². The Balaban J connectivity index is 3.01. The van der Waals surface area contributed by atoms with E-state index in [0.29, 0.717) is 13.0 Å². The van der Waals surface area contributed by atoms with Gasteiger partial charge in [0.1, 0.15) is 5.75 Å². The van der Waals surface area contributed by atoms with Gasteiger partial charge in [0.25, 0.3) is 0 Å². The van der Waals surface area contributed by atoms with Gasteiger partial charge in [-0.15, -0.1) is 0 Å². The second-order valence-corrected chi connectivity index (χ2v) is 4.00. The van der Waals surface area contributed by atoms with Crippen LogP contribution in [0.3, 0.4) is 0 Å². The summed E-state index contributed by atoms with van der Waals surface area (Å²) in [5, 5.41) is 10.2. The summed E-state index contributed by atoms with van der Waals surface area (Å²) >= 11 is 0. The molecule has 1 aromatic rings. The highest BCUT2D eigenvalue weighted by molar-refractivity contribution is 5.38. The molecule has 0 spiro atoms. The molecule has 84 valence electrons. The monoisotopic (exact) mass is 209 g/mol. The summed E-state index contributed by atoms with van der Waals surface area (Å²) in [5.41, 5.74) is 6.51. The Hall–Kier alpha value is -1.06. The lowest BCUT2D eigenvalue weighted by Crippen LogP contribution is -2.25. The molecule has 1 aromatic carbocycles. The summed E-state index contributed by atoms with van der Waals surface area (Å²) in [6, 6.07) is 5.69. The van der Waals surface area contributed by atoms with Gasteiger partial charge in [0.15, 0.2) is 0 Å². The van der Waals surface area contributed by atoms with Crippen molar-refractivity contribution in [2.24, 2.45) is 5.73 Å². The highest BCUT2D eigenvalue weighted by Gasteiger charge is 2.22. The van der Waals surface area contributed by atoms with E-state index in [1.807, 2.05) is 25.1 Å². The summed E-state index contributed by atoms with van der Waals surface area (Å²) in [6.45, 7) is 4.21. The number of nitrogens with two attached hydrogens (primary N) is 1. The van der Waals surface area contributed by atoms with Crippen molar-refractivity contribution < 1.29 is 9.84 Å². The molecular formula is C12H19NO2. The summed E-state index contributed by atoms with van der Waals surface area (Å²) in [6.07, 6.45) is 0.554. The lowest BCUT2D eigenvalue weighted by molar-refractivity contribution is 0.0503. The Kier molecular flexibility index (Phi) is 3.72. The van der Waals surface area contributed by atoms with Crippen molar-refractivity contribution in [3.8, 4) is 5.75 Å².